The molecule has 0 aromatic heterocycles. The first-order chi connectivity index (χ1) is 38.8. The molecule has 4 aliphatic heterocycles. The van der Waals surface area contributed by atoms with Crippen LogP contribution in [0.2, 0.25) is 0 Å². The van der Waals surface area contributed by atoms with Gasteiger partial charge in [-0.05, 0) is 124 Å². The van der Waals surface area contributed by atoms with Crippen LogP contribution < -0.4 is 0 Å². The maximum atomic E-state index is 12.9. The first-order valence-corrected chi connectivity index (χ1v) is 29.7. The van der Waals surface area contributed by atoms with Crippen molar-refractivity contribution in [3.63, 3.8) is 0 Å². The Labute approximate surface area is 485 Å². The normalized spacial score (nSPS) is 49.5. The Morgan fingerprint density at radius 1 is 0.554 bits per heavy atom. The zero-order valence-electron chi connectivity index (χ0n) is 49.5. The predicted octanol–water partition coefficient (Wildman–Crippen LogP) is -1.06. The van der Waals surface area contributed by atoms with Crippen LogP contribution in [-0.4, -0.2) is 245 Å². The molecule has 25 heteroatoms. The predicted molar refractivity (Wildman–Crippen MR) is 285 cm³/mol. The lowest BCUT2D eigenvalue weighted by atomic mass is 9.35. The maximum absolute atomic E-state index is 12.9. The molecule has 4 aliphatic carbocycles. The van der Waals surface area contributed by atoms with Crippen molar-refractivity contribution in [3.8, 4) is 0 Å². The number of esters is 2. The standard InChI is InChI=1S/C58H96O25/c1-25(2)12-11-16-58(10,83-52-48(73)44(69)41(66)33(80-52)24-76-50-46(71)42(67)39(64)31(78-50)22-74-26(3)60)28-13-18-57(9)37(28)29(62)20-35-55(7)17-15-36(54(5,6)34(55)14-19-56(35,57)8)81-53-49(45(70)38(63)30(21-59)77-53)82-51-47(72)43(68)40(65)32(79-51)23-75-27(4)61/h12,28-53,59,62-73H,11,13-24H2,1-10H3/t28-,29+,30+,31+,32+,33+,34-,35+,36-,37-,38+,39+,40+,41+,42-,43-,44-,45-,46+,47+,48+,49+,50+,51-,52-,53-,55-,56+,57+,58-/m0/s1. The summed E-state index contributed by atoms with van der Waals surface area (Å²) in [6, 6.07) is 0. The smallest absolute Gasteiger partial charge is 0.302 e. The number of aliphatic hydroxyl groups excluding tert-OH is 13. The van der Waals surface area contributed by atoms with Crippen LogP contribution in [0.4, 0.5) is 0 Å². The second-order valence-electron chi connectivity index (χ2n) is 27.0. The van der Waals surface area contributed by atoms with Gasteiger partial charge in [0.2, 0.25) is 0 Å². The van der Waals surface area contributed by atoms with E-state index in [0.29, 0.717) is 38.5 Å². The van der Waals surface area contributed by atoms with E-state index in [1.165, 1.54) is 0 Å². The zero-order chi connectivity index (χ0) is 61.2. The van der Waals surface area contributed by atoms with Crippen LogP contribution in [-0.2, 0) is 57.0 Å². The third-order valence-electron chi connectivity index (χ3n) is 21.4. The molecule has 8 aliphatic rings. The quantitative estimate of drug-likeness (QED) is 0.0442. The number of fused-ring (bicyclic) bond motifs is 5. The molecule has 8 rings (SSSR count). The molecule has 4 heterocycles. The van der Waals surface area contributed by atoms with E-state index in [0.717, 1.165) is 38.7 Å². The van der Waals surface area contributed by atoms with E-state index in [2.05, 4.69) is 40.7 Å². The van der Waals surface area contributed by atoms with E-state index >= 15 is 0 Å². The van der Waals surface area contributed by atoms with E-state index in [1.54, 1.807) is 0 Å². The van der Waals surface area contributed by atoms with E-state index in [9.17, 15) is 76.0 Å². The molecule has 13 N–H and O–H groups in total. The number of carbonyl (C=O) groups excluding carboxylic acids is 2. The first-order valence-electron chi connectivity index (χ1n) is 29.7. The minimum Gasteiger partial charge on any atom is -0.463 e. The molecule has 0 aromatic rings. The Morgan fingerprint density at radius 3 is 1.63 bits per heavy atom. The summed E-state index contributed by atoms with van der Waals surface area (Å²) in [6.45, 7) is 17.2. The molecule has 4 saturated carbocycles. The van der Waals surface area contributed by atoms with E-state index < -0.39 is 190 Å². The molecule has 0 unspecified atom stereocenters. The Hall–Kier alpha value is -2.16. The van der Waals surface area contributed by atoms with Crippen LogP contribution >= 0.6 is 0 Å². The summed E-state index contributed by atoms with van der Waals surface area (Å²) in [5, 5.41) is 144. The average molecular weight is 1190 g/mol. The van der Waals surface area contributed by atoms with Crippen LogP contribution in [0.3, 0.4) is 0 Å². The lowest BCUT2D eigenvalue weighted by molar-refractivity contribution is -0.378. The minimum absolute atomic E-state index is 0.0127. The number of aliphatic hydroxyl groups is 13. The lowest BCUT2D eigenvalue weighted by Gasteiger charge is -2.71. The molecule has 4 saturated heterocycles. The average Bonchev–Trinajstić information content (AvgIpc) is 1.73. The molecule has 30 atom stereocenters. The highest BCUT2D eigenvalue weighted by atomic mass is 16.8. The molecule has 83 heavy (non-hydrogen) atoms. The highest BCUT2D eigenvalue weighted by Gasteiger charge is 2.72. The SMILES string of the molecule is CC(=O)OC[C@H]1O[C@@H](OC[C@H]2O[C@@H](O[C@@](C)(CCC=C(C)C)[C@H]3CC[C@]4(C)[C@@H]3[C@H](O)C[C@@H]3[C@@]5(C)CC[C@H](O[C@@H]6O[C@H](CO)[C@@H](O)[C@H](O)[C@H]6O[C@@H]6O[C@H](COC(C)=O)[C@@H](O)[C@H](O)[C@H]6O)C(C)(C)[C@@H]5CC[C@]34C)[C@H](O)[C@@H](O)[C@@H]2O)[C@H](O)[C@@H](O)[C@@H]1O. The summed E-state index contributed by atoms with van der Waals surface area (Å²) >= 11 is 0. The molecule has 0 radical (unpaired) electrons. The third-order valence-corrected chi connectivity index (χ3v) is 21.4. The molecular formula is C58H96O25. The van der Waals surface area contributed by atoms with E-state index in [4.69, 9.17) is 47.4 Å². The summed E-state index contributed by atoms with van der Waals surface area (Å²) in [7, 11) is 0. The third kappa shape index (κ3) is 12.6. The number of ether oxygens (including phenoxy) is 10. The van der Waals surface area contributed by atoms with Gasteiger partial charge in [-0.2, -0.15) is 0 Å². The van der Waals surface area contributed by atoms with Crippen molar-refractivity contribution in [2.24, 2.45) is 45.3 Å². The maximum Gasteiger partial charge on any atom is 0.302 e. The molecule has 478 valence electrons. The minimum atomic E-state index is -1.86. The van der Waals surface area contributed by atoms with Gasteiger partial charge in [0.1, 0.15) is 111 Å². The Balaban J connectivity index is 0.998. The molecule has 25 nitrogen and oxygen atoms in total. The molecule has 0 spiro atoms. The van der Waals surface area contributed by atoms with Crippen molar-refractivity contribution in [2.45, 2.75) is 268 Å². The number of carbonyl (C=O) groups is 2. The topological polar surface area (TPSA) is 389 Å². The van der Waals surface area contributed by atoms with Gasteiger partial charge in [0.15, 0.2) is 25.2 Å². The number of rotatable bonds is 18. The summed E-state index contributed by atoms with van der Waals surface area (Å²) in [6.07, 6.45) is -26.1. The molecular weight excluding hydrogens is 1100 g/mol. The molecule has 0 aromatic carbocycles. The van der Waals surface area contributed by atoms with Crippen LogP contribution in [0.5, 0.6) is 0 Å². The summed E-state index contributed by atoms with van der Waals surface area (Å²) < 4.78 is 59.5. The van der Waals surface area contributed by atoms with Gasteiger partial charge in [-0.25, -0.2) is 0 Å². The summed E-state index contributed by atoms with van der Waals surface area (Å²) in [5.41, 5.74) is -1.73. The van der Waals surface area contributed by atoms with Crippen molar-refractivity contribution in [1.29, 1.82) is 0 Å². The fraction of sp³-hybridized carbons (Fsp3) is 0.931. The second-order valence-corrected chi connectivity index (χ2v) is 27.0. The number of hydrogen-bond acceptors (Lipinski definition) is 25. The van der Waals surface area contributed by atoms with E-state index in [1.807, 2.05) is 20.8 Å². The highest BCUT2D eigenvalue weighted by molar-refractivity contribution is 5.66. The van der Waals surface area contributed by atoms with Crippen molar-refractivity contribution in [1.82, 2.24) is 0 Å². The Kier molecular flexibility index (Phi) is 20.7. The zero-order valence-corrected chi connectivity index (χ0v) is 49.5. The Bertz CT molecular complexity index is 2240. The summed E-state index contributed by atoms with van der Waals surface area (Å²) in [5.74, 6) is -1.93. The number of allylic oxidation sites excluding steroid dienone is 2. The molecule has 8 fully saturated rings. The summed E-state index contributed by atoms with van der Waals surface area (Å²) in [4.78, 5) is 23.1. The van der Waals surface area contributed by atoms with E-state index in [-0.39, 0.29) is 34.5 Å². The van der Waals surface area contributed by atoms with Crippen molar-refractivity contribution in [2.75, 3.05) is 26.4 Å². The van der Waals surface area contributed by atoms with Gasteiger partial charge in [-0.15, -0.1) is 0 Å². The van der Waals surface area contributed by atoms with Crippen LogP contribution in [0.25, 0.3) is 0 Å². The van der Waals surface area contributed by atoms with Crippen molar-refractivity contribution in [3.05, 3.63) is 11.6 Å². The van der Waals surface area contributed by atoms with Gasteiger partial charge in [0.25, 0.3) is 0 Å². The number of hydrogen-bond donors (Lipinski definition) is 13. The molecule has 0 amide bonds. The van der Waals surface area contributed by atoms with Crippen molar-refractivity contribution < 1.29 is 123 Å². The van der Waals surface area contributed by atoms with Crippen LogP contribution in [0, 0.1) is 45.3 Å². The highest BCUT2D eigenvalue weighted by Crippen LogP contribution is 2.76. The van der Waals surface area contributed by atoms with Gasteiger partial charge < -0.3 is 114 Å². The monoisotopic (exact) mass is 1190 g/mol. The van der Waals surface area contributed by atoms with Gasteiger partial charge in [-0.1, -0.05) is 46.3 Å². The largest absolute Gasteiger partial charge is 0.463 e. The lowest BCUT2D eigenvalue weighted by Crippen LogP contribution is -2.68. The van der Waals surface area contributed by atoms with Gasteiger partial charge in [0.05, 0.1) is 31.0 Å². The van der Waals surface area contributed by atoms with Gasteiger partial charge >= 0.3 is 11.9 Å². The van der Waals surface area contributed by atoms with Gasteiger partial charge in [-0.3, -0.25) is 9.59 Å². The fourth-order valence-corrected chi connectivity index (χ4v) is 16.6. The van der Waals surface area contributed by atoms with Crippen LogP contribution in [0.1, 0.15) is 127 Å². The van der Waals surface area contributed by atoms with Crippen LogP contribution in [0.15, 0.2) is 11.6 Å². The first kappa shape index (κ1) is 66.8. The van der Waals surface area contributed by atoms with Gasteiger partial charge in [0, 0.05) is 13.8 Å². The fourth-order valence-electron chi connectivity index (χ4n) is 16.6. The Morgan fingerprint density at radius 2 is 1.06 bits per heavy atom. The molecule has 0 bridgehead atoms. The second kappa shape index (κ2) is 25.7. The van der Waals surface area contributed by atoms with Crippen molar-refractivity contribution >= 4 is 11.9 Å².